The van der Waals surface area contributed by atoms with E-state index in [4.69, 9.17) is 0 Å². The normalized spacial score (nSPS) is 48.6. The molecule has 5 heteroatoms. The SMILES string of the molecule is CC1CC2CC1C(F)(F)C2(C)C(F)(F)F. The Balaban J connectivity index is 2.45. The minimum atomic E-state index is -4.81. The topological polar surface area (TPSA) is 0 Å². The van der Waals surface area contributed by atoms with Crippen LogP contribution in [0.3, 0.4) is 0 Å². The van der Waals surface area contributed by atoms with Crippen molar-refractivity contribution in [1.82, 2.24) is 0 Å². The molecule has 2 rings (SSSR count). The van der Waals surface area contributed by atoms with Crippen LogP contribution in [0.15, 0.2) is 0 Å². The fourth-order valence-corrected chi connectivity index (χ4v) is 3.30. The first-order valence-electron chi connectivity index (χ1n) is 5.07. The summed E-state index contributed by atoms with van der Waals surface area (Å²) in [7, 11) is 0. The average Bonchev–Trinajstić information content (AvgIpc) is 2.49. The van der Waals surface area contributed by atoms with E-state index in [0.717, 1.165) is 0 Å². The monoisotopic (exact) mass is 228 g/mol. The highest BCUT2D eigenvalue weighted by atomic mass is 19.4. The highest BCUT2D eigenvalue weighted by molar-refractivity contribution is 5.14. The van der Waals surface area contributed by atoms with Crippen molar-refractivity contribution in [1.29, 1.82) is 0 Å². The van der Waals surface area contributed by atoms with Gasteiger partial charge >= 0.3 is 6.18 Å². The minimum absolute atomic E-state index is 0.0180. The van der Waals surface area contributed by atoms with Crippen molar-refractivity contribution in [2.75, 3.05) is 0 Å². The van der Waals surface area contributed by atoms with Crippen molar-refractivity contribution < 1.29 is 22.0 Å². The summed E-state index contributed by atoms with van der Waals surface area (Å²) < 4.78 is 65.7. The number of hydrogen-bond acceptors (Lipinski definition) is 0. The number of halogens is 5. The Labute approximate surface area is 84.8 Å². The van der Waals surface area contributed by atoms with Crippen LogP contribution in [-0.4, -0.2) is 12.1 Å². The molecular formula is C10H13F5. The van der Waals surface area contributed by atoms with E-state index in [9.17, 15) is 22.0 Å². The third-order valence-electron chi connectivity index (χ3n) is 4.45. The molecule has 2 aliphatic rings. The smallest absolute Gasteiger partial charge is 0.206 e. The van der Waals surface area contributed by atoms with Crippen molar-refractivity contribution in [3.8, 4) is 0 Å². The van der Waals surface area contributed by atoms with Crippen molar-refractivity contribution in [2.24, 2.45) is 23.2 Å². The van der Waals surface area contributed by atoms with E-state index in [1.54, 1.807) is 6.92 Å². The summed E-state index contributed by atoms with van der Waals surface area (Å²) in [4.78, 5) is 0. The fraction of sp³-hybridized carbons (Fsp3) is 1.00. The van der Waals surface area contributed by atoms with Gasteiger partial charge in [0.15, 0.2) is 0 Å². The molecule has 0 aromatic heterocycles. The fourth-order valence-electron chi connectivity index (χ4n) is 3.30. The molecule has 0 aromatic rings. The summed E-state index contributed by atoms with van der Waals surface area (Å²) in [6.07, 6.45) is -4.52. The van der Waals surface area contributed by atoms with Gasteiger partial charge in [-0.1, -0.05) is 6.92 Å². The van der Waals surface area contributed by atoms with Crippen LogP contribution in [0.4, 0.5) is 22.0 Å². The quantitative estimate of drug-likeness (QED) is 0.552. The number of hydrogen-bond donors (Lipinski definition) is 0. The molecule has 2 fully saturated rings. The van der Waals surface area contributed by atoms with E-state index in [2.05, 4.69) is 0 Å². The Kier molecular flexibility index (Phi) is 1.98. The Morgan fingerprint density at radius 1 is 1.13 bits per heavy atom. The molecule has 4 atom stereocenters. The second kappa shape index (κ2) is 2.66. The van der Waals surface area contributed by atoms with Gasteiger partial charge in [-0.25, -0.2) is 8.78 Å². The van der Waals surface area contributed by atoms with Gasteiger partial charge in [0.1, 0.15) is 5.41 Å². The molecule has 2 bridgehead atoms. The van der Waals surface area contributed by atoms with Crippen LogP contribution in [0.2, 0.25) is 0 Å². The largest absolute Gasteiger partial charge is 0.400 e. The molecule has 0 nitrogen and oxygen atoms in total. The van der Waals surface area contributed by atoms with E-state index in [-0.39, 0.29) is 18.8 Å². The van der Waals surface area contributed by atoms with Gasteiger partial charge in [-0.2, -0.15) is 13.2 Å². The van der Waals surface area contributed by atoms with Crippen LogP contribution in [0.5, 0.6) is 0 Å². The molecule has 0 N–H and O–H groups in total. The van der Waals surface area contributed by atoms with Gasteiger partial charge in [0.05, 0.1) is 0 Å². The number of fused-ring (bicyclic) bond motifs is 2. The first kappa shape index (κ1) is 11.1. The molecular weight excluding hydrogens is 215 g/mol. The molecule has 2 aliphatic carbocycles. The van der Waals surface area contributed by atoms with Gasteiger partial charge in [-0.3, -0.25) is 0 Å². The van der Waals surface area contributed by atoms with Crippen LogP contribution in [0.1, 0.15) is 26.7 Å². The van der Waals surface area contributed by atoms with Crippen LogP contribution in [0.25, 0.3) is 0 Å². The third kappa shape index (κ3) is 1.07. The Morgan fingerprint density at radius 2 is 1.67 bits per heavy atom. The zero-order valence-corrected chi connectivity index (χ0v) is 8.54. The van der Waals surface area contributed by atoms with Gasteiger partial charge < -0.3 is 0 Å². The van der Waals surface area contributed by atoms with Crippen LogP contribution >= 0.6 is 0 Å². The summed E-state index contributed by atoms with van der Waals surface area (Å²) in [5.74, 6) is -5.89. The summed E-state index contributed by atoms with van der Waals surface area (Å²) >= 11 is 0. The van der Waals surface area contributed by atoms with E-state index < -0.39 is 29.3 Å². The standard InChI is InChI=1S/C10H13F5/c1-5-3-6-4-7(5)9(11,12)8(6,2)10(13,14)15/h5-7H,3-4H2,1-2H3. The lowest BCUT2D eigenvalue weighted by Crippen LogP contribution is -2.55. The molecule has 88 valence electrons. The maximum atomic E-state index is 13.7. The molecule has 0 aliphatic heterocycles. The molecule has 0 spiro atoms. The second-order valence-corrected chi connectivity index (χ2v) is 5.08. The lowest BCUT2D eigenvalue weighted by Gasteiger charge is -2.43. The summed E-state index contributed by atoms with van der Waals surface area (Å²) in [6.45, 7) is 2.30. The molecule has 2 saturated carbocycles. The number of alkyl halides is 5. The Morgan fingerprint density at radius 3 is 2.00 bits per heavy atom. The highest BCUT2D eigenvalue weighted by Gasteiger charge is 2.78. The van der Waals surface area contributed by atoms with E-state index in [0.29, 0.717) is 6.92 Å². The van der Waals surface area contributed by atoms with Gasteiger partial charge in [0.2, 0.25) is 0 Å². The Hall–Kier alpha value is -0.350. The number of rotatable bonds is 0. The van der Waals surface area contributed by atoms with Crippen molar-refractivity contribution in [3.05, 3.63) is 0 Å². The summed E-state index contributed by atoms with van der Waals surface area (Å²) in [5.41, 5.74) is -2.81. The van der Waals surface area contributed by atoms with E-state index in [1.807, 2.05) is 0 Å². The first-order chi connectivity index (χ1) is 6.62. The second-order valence-electron chi connectivity index (χ2n) is 5.08. The van der Waals surface area contributed by atoms with Crippen LogP contribution < -0.4 is 0 Å². The molecule has 0 aromatic carbocycles. The summed E-state index contributed by atoms with van der Waals surface area (Å²) in [5, 5.41) is 0. The highest BCUT2D eigenvalue weighted by Crippen LogP contribution is 2.70. The van der Waals surface area contributed by atoms with E-state index in [1.165, 1.54) is 0 Å². The third-order valence-corrected chi connectivity index (χ3v) is 4.45. The van der Waals surface area contributed by atoms with Gasteiger partial charge in [0, 0.05) is 5.92 Å². The predicted octanol–water partition coefficient (Wildman–Crippen LogP) is 3.87. The lowest BCUT2D eigenvalue weighted by molar-refractivity contribution is -0.313. The molecule has 0 saturated heterocycles. The average molecular weight is 228 g/mol. The van der Waals surface area contributed by atoms with Gasteiger partial charge in [0.25, 0.3) is 5.92 Å². The van der Waals surface area contributed by atoms with Gasteiger partial charge in [-0.05, 0) is 31.6 Å². The lowest BCUT2D eigenvalue weighted by atomic mass is 9.68. The van der Waals surface area contributed by atoms with Crippen molar-refractivity contribution >= 4 is 0 Å². The summed E-state index contributed by atoms with van der Waals surface area (Å²) in [6, 6.07) is 0. The van der Waals surface area contributed by atoms with Gasteiger partial charge in [-0.15, -0.1) is 0 Å². The Bertz CT molecular complexity index is 282. The molecule has 0 radical (unpaired) electrons. The molecule has 0 amide bonds. The predicted molar refractivity (Wildman–Crippen MR) is 44.5 cm³/mol. The van der Waals surface area contributed by atoms with Crippen molar-refractivity contribution in [2.45, 2.75) is 38.8 Å². The minimum Gasteiger partial charge on any atom is -0.206 e. The first-order valence-corrected chi connectivity index (χ1v) is 5.07. The molecule has 4 unspecified atom stereocenters. The zero-order valence-electron chi connectivity index (χ0n) is 8.54. The van der Waals surface area contributed by atoms with Crippen molar-refractivity contribution in [3.63, 3.8) is 0 Å². The van der Waals surface area contributed by atoms with Crippen LogP contribution in [-0.2, 0) is 0 Å². The molecule has 15 heavy (non-hydrogen) atoms. The van der Waals surface area contributed by atoms with E-state index >= 15 is 0 Å². The maximum Gasteiger partial charge on any atom is 0.400 e. The maximum absolute atomic E-state index is 13.7. The zero-order chi connectivity index (χ0) is 11.6. The van der Waals surface area contributed by atoms with Crippen LogP contribution in [0, 0.1) is 23.2 Å². The molecule has 0 heterocycles.